The molecule has 0 atom stereocenters. The van der Waals surface area contributed by atoms with Crippen LogP contribution in [-0.4, -0.2) is 18.7 Å². The minimum atomic E-state index is -0.174. The van der Waals surface area contributed by atoms with Gasteiger partial charge in [0.05, 0.1) is 18.4 Å². The van der Waals surface area contributed by atoms with Crippen LogP contribution in [0.1, 0.15) is 11.1 Å². The maximum Gasteiger partial charge on any atom is 0.281 e. The molecule has 138 valence electrons. The molecular weight excluding hydrogens is 416 g/mol. The van der Waals surface area contributed by atoms with Gasteiger partial charge in [-0.25, -0.2) is 0 Å². The highest BCUT2D eigenvalue weighted by atomic mass is 79.9. The average molecular weight is 433 g/mol. The Kier molecular flexibility index (Phi) is 5.08. The van der Waals surface area contributed by atoms with Gasteiger partial charge in [0.25, 0.3) is 5.91 Å². The number of carbonyl (C=O) groups is 1. The normalized spacial score (nSPS) is 15.1. The molecule has 1 aliphatic heterocycles. The lowest BCUT2D eigenvalue weighted by Crippen LogP contribution is -2.21. The first-order valence-electron chi connectivity index (χ1n) is 8.76. The fourth-order valence-electron chi connectivity index (χ4n) is 3.07. The van der Waals surface area contributed by atoms with Crippen molar-refractivity contribution < 1.29 is 9.53 Å². The molecule has 1 amide bonds. The summed E-state index contributed by atoms with van der Waals surface area (Å²) in [6.07, 6.45) is 1.83. The molecule has 0 unspecified atom stereocenters. The van der Waals surface area contributed by atoms with Crippen LogP contribution in [0.25, 0.3) is 6.08 Å². The summed E-state index contributed by atoms with van der Waals surface area (Å²) in [5.74, 6) is 0.515. The largest absolute Gasteiger partial charge is 0.496 e. The van der Waals surface area contributed by atoms with Gasteiger partial charge in [0.15, 0.2) is 0 Å². The number of hydrogen-bond donors (Lipinski definition) is 0. The predicted molar refractivity (Wildman–Crippen MR) is 116 cm³/mol. The summed E-state index contributed by atoms with van der Waals surface area (Å²) in [5.41, 5.74) is 3.57. The van der Waals surface area contributed by atoms with Gasteiger partial charge in [-0.05, 0) is 36.4 Å². The zero-order valence-electron chi connectivity index (χ0n) is 15.2. The Morgan fingerprint density at radius 2 is 1.64 bits per heavy atom. The van der Waals surface area contributed by atoms with Gasteiger partial charge in [-0.3, -0.25) is 4.79 Å². The molecule has 0 aliphatic carbocycles. The summed E-state index contributed by atoms with van der Waals surface area (Å²) in [6, 6.07) is 24.8. The van der Waals surface area contributed by atoms with E-state index in [2.05, 4.69) is 21.0 Å². The van der Waals surface area contributed by atoms with Crippen LogP contribution in [0.2, 0.25) is 0 Å². The first-order chi connectivity index (χ1) is 13.7. The van der Waals surface area contributed by atoms with Gasteiger partial charge in [0, 0.05) is 15.6 Å². The molecule has 0 bridgehead atoms. The number of ether oxygens (including phenoxy) is 1. The standard InChI is InChI=1S/C23H17BrN2O2/c1-28-21-13-12-18(24)14-17(21)15-20-22(16-8-4-2-5-9-16)25-26(23(20)27)19-10-6-3-7-11-19/h2-15H,1H3/b20-15-. The molecule has 1 aliphatic rings. The molecule has 4 rings (SSSR count). The van der Waals surface area contributed by atoms with E-state index in [9.17, 15) is 4.79 Å². The Bertz CT molecular complexity index is 1080. The third kappa shape index (κ3) is 3.49. The molecule has 4 nitrogen and oxygen atoms in total. The van der Waals surface area contributed by atoms with Crippen molar-refractivity contribution in [1.29, 1.82) is 0 Å². The molecule has 5 heteroatoms. The van der Waals surface area contributed by atoms with Crippen molar-refractivity contribution >= 4 is 39.3 Å². The summed E-state index contributed by atoms with van der Waals surface area (Å²) < 4.78 is 6.37. The Morgan fingerprint density at radius 3 is 2.32 bits per heavy atom. The van der Waals surface area contributed by atoms with Gasteiger partial charge in [0.1, 0.15) is 11.5 Å². The highest BCUT2D eigenvalue weighted by Crippen LogP contribution is 2.31. The minimum Gasteiger partial charge on any atom is -0.496 e. The summed E-state index contributed by atoms with van der Waals surface area (Å²) in [7, 11) is 1.62. The number of amides is 1. The molecule has 0 saturated carbocycles. The van der Waals surface area contributed by atoms with E-state index in [1.54, 1.807) is 7.11 Å². The molecule has 28 heavy (non-hydrogen) atoms. The fourth-order valence-corrected chi connectivity index (χ4v) is 3.45. The van der Waals surface area contributed by atoms with Gasteiger partial charge in [-0.1, -0.05) is 64.5 Å². The van der Waals surface area contributed by atoms with E-state index in [0.29, 0.717) is 17.0 Å². The summed E-state index contributed by atoms with van der Waals surface area (Å²) in [6.45, 7) is 0. The van der Waals surface area contributed by atoms with Gasteiger partial charge in [-0.15, -0.1) is 0 Å². The van der Waals surface area contributed by atoms with Crippen LogP contribution in [0, 0.1) is 0 Å². The van der Waals surface area contributed by atoms with Gasteiger partial charge in [-0.2, -0.15) is 10.1 Å². The lowest BCUT2D eigenvalue weighted by Gasteiger charge is -2.11. The number of hydrogen-bond acceptors (Lipinski definition) is 3. The van der Waals surface area contributed by atoms with Crippen molar-refractivity contribution in [2.45, 2.75) is 0 Å². The topological polar surface area (TPSA) is 41.9 Å². The van der Waals surface area contributed by atoms with Crippen LogP contribution in [0.5, 0.6) is 5.75 Å². The summed E-state index contributed by atoms with van der Waals surface area (Å²) in [4.78, 5) is 13.3. The van der Waals surface area contributed by atoms with Crippen LogP contribution in [0.4, 0.5) is 5.69 Å². The van der Waals surface area contributed by atoms with Gasteiger partial charge in [0.2, 0.25) is 0 Å². The van der Waals surface area contributed by atoms with E-state index in [4.69, 9.17) is 4.74 Å². The first kappa shape index (κ1) is 18.2. The maximum absolute atomic E-state index is 13.3. The molecule has 0 aromatic heterocycles. The van der Waals surface area contributed by atoms with Gasteiger partial charge < -0.3 is 4.74 Å². The monoisotopic (exact) mass is 432 g/mol. The average Bonchev–Trinajstić information content (AvgIpc) is 3.06. The number of anilines is 1. The Labute approximate surface area is 171 Å². The first-order valence-corrected chi connectivity index (χ1v) is 9.56. The Hall–Kier alpha value is -3.18. The minimum absolute atomic E-state index is 0.174. The van der Waals surface area contributed by atoms with Crippen LogP contribution in [0.15, 0.2) is 94.0 Å². The second-order valence-corrected chi connectivity index (χ2v) is 7.13. The quantitative estimate of drug-likeness (QED) is 0.525. The van der Waals surface area contributed by atoms with Crippen molar-refractivity contribution in [3.05, 3.63) is 100 Å². The molecule has 3 aromatic carbocycles. The number of hydrazone groups is 1. The van der Waals surface area contributed by atoms with Gasteiger partial charge >= 0.3 is 0 Å². The smallest absolute Gasteiger partial charge is 0.281 e. The second kappa shape index (κ2) is 7.82. The molecule has 0 fully saturated rings. The third-order valence-corrected chi connectivity index (χ3v) is 4.91. The van der Waals surface area contributed by atoms with Crippen molar-refractivity contribution in [2.24, 2.45) is 5.10 Å². The number of carbonyl (C=O) groups excluding carboxylic acids is 1. The van der Waals surface area contributed by atoms with Crippen molar-refractivity contribution in [3.63, 3.8) is 0 Å². The lowest BCUT2D eigenvalue weighted by atomic mass is 10.00. The SMILES string of the molecule is COc1ccc(Br)cc1/C=C1\C(=O)N(c2ccccc2)N=C1c1ccccc1. The van der Waals surface area contributed by atoms with E-state index in [1.165, 1.54) is 5.01 Å². The number of halogens is 1. The van der Waals surface area contributed by atoms with E-state index in [0.717, 1.165) is 21.3 Å². The second-order valence-electron chi connectivity index (χ2n) is 6.21. The summed E-state index contributed by atoms with van der Waals surface area (Å²) >= 11 is 3.49. The molecule has 0 spiro atoms. The van der Waals surface area contributed by atoms with E-state index in [1.807, 2.05) is 84.9 Å². The van der Waals surface area contributed by atoms with E-state index < -0.39 is 0 Å². The zero-order chi connectivity index (χ0) is 19.5. The van der Waals surface area contributed by atoms with Crippen molar-refractivity contribution in [1.82, 2.24) is 0 Å². The Balaban J connectivity index is 1.86. The molecular formula is C23H17BrN2O2. The fraction of sp³-hybridized carbons (Fsp3) is 0.0435. The molecule has 1 heterocycles. The number of nitrogens with zero attached hydrogens (tertiary/aromatic N) is 2. The molecule has 0 N–H and O–H groups in total. The molecule has 0 saturated heterocycles. The number of rotatable bonds is 4. The zero-order valence-corrected chi connectivity index (χ0v) is 16.8. The summed E-state index contributed by atoms with van der Waals surface area (Å²) in [5, 5.41) is 6.09. The van der Waals surface area contributed by atoms with Crippen LogP contribution < -0.4 is 9.75 Å². The molecule has 0 radical (unpaired) electrons. The van der Waals surface area contributed by atoms with Crippen LogP contribution in [-0.2, 0) is 4.79 Å². The molecule has 3 aromatic rings. The number of para-hydroxylation sites is 1. The van der Waals surface area contributed by atoms with E-state index in [-0.39, 0.29) is 5.91 Å². The van der Waals surface area contributed by atoms with E-state index >= 15 is 0 Å². The third-order valence-electron chi connectivity index (χ3n) is 4.42. The lowest BCUT2D eigenvalue weighted by molar-refractivity contribution is -0.114. The van der Waals surface area contributed by atoms with Crippen LogP contribution >= 0.6 is 15.9 Å². The number of benzene rings is 3. The number of methoxy groups -OCH3 is 1. The highest BCUT2D eigenvalue weighted by Gasteiger charge is 2.32. The maximum atomic E-state index is 13.3. The van der Waals surface area contributed by atoms with Crippen molar-refractivity contribution in [3.8, 4) is 5.75 Å². The predicted octanol–water partition coefficient (Wildman–Crippen LogP) is 5.29. The Morgan fingerprint density at radius 1 is 0.964 bits per heavy atom. The van der Waals surface area contributed by atoms with Crippen LogP contribution in [0.3, 0.4) is 0 Å². The highest BCUT2D eigenvalue weighted by molar-refractivity contribution is 9.10. The van der Waals surface area contributed by atoms with Crippen molar-refractivity contribution in [2.75, 3.05) is 12.1 Å².